The van der Waals surface area contributed by atoms with E-state index in [4.69, 9.17) is 9.72 Å². The summed E-state index contributed by atoms with van der Waals surface area (Å²) in [7, 11) is 0. The highest BCUT2D eigenvalue weighted by Gasteiger charge is 2.61. The second kappa shape index (κ2) is 4.30. The Bertz CT molecular complexity index is 552. The molecular weight excluding hydrogens is 280 g/mol. The van der Waals surface area contributed by atoms with Crippen LogP contribution in [0.15, 0.2) is 0 Å². The van der Waals surface area contributed by atoms with Gasteiger partial charge in [0, 0.05) is 17.3 Å². The van der Waals surface area contributed by atoms with Crippen LogP contribution < -0.4 is 5.32 Å². The zero-order valence-corrected chi connectivity index (χ0v) is 14.4. The molecule has 2 heterocycles. The molecule has 0 radical (unpaired) electrons. The van der Waals surface area contributed by atoms with Gasteiger partial charge in [0.05, 0.1) is 16.9 Å². The van der Waals surface area contributed by atoms with Crippen LogP contribution in [0.2, 0.25) is 0 Å². The van der Waals surface area contributed by atoms with Crippen molar-refractivity contribution in [3.63, 3.8) is 0 Å². The molecule has 1 N–H and O–H groups in total. The van der Waals surface area contributed by atoms with Gasteiger partial charge in [0.2, 0.25) is 0 Å². The lowest BCUT2D eigenvalue weighted by Gasteiger charge is -2.39. The van der Waals surface area contributed by atoms with Crippen molar-refractivity contribution < 1.29 is 4.74 Å². The van der Waals surface area contributed by atoms with Gasteiger partial charge in [-0.05, 0) is 59.8 Å². The first-order valence-corrected chi connectivity index (χ1v) is 9.10. The summed E-state index contributed by atoms with van der Waals surface area (Å²) in [5.41, 5.74) is 0.922. The average molecular weight is 306 g/mol. The molecule has 4 rings (SSSR count). The molecule has 2 fully saturated rings. The van der Waals surface area contributed by atoms with E-state index in [0.29, 0.717) is 6.04 Å². The van der Waals surface area contributed by atoms with Crippen LogP contribution in [0.5, 0.6) is 0 Å². The van der Waals surface area contributed by atoms with E-state index >= 15 is 0 Å². The molecule has 3 nitrogen and oxygen atoms in total. The quantitative estimate of drug-likeness (QED) is 0.927. The van der Waals surface area contributed by atoms with Gasteiger partial charge in [0.25, 0.3) is 0 Å². The third-order valence-corrected chi connectivity index (χ3v) is 6.56. The molecule has 1 aliphatic heterocycles. The number of aromatic nitrogens is 1. The minimum Gasteiger partial charge on any atom is -0.367 e. The van der Waals surface area contributed by atoms with E-state index < -0.39 is 0 Å². The monoisotopic (exact) mass is 306 g/mol. The van der Waals surface area contributed by atoms with Gasteiger partial charge in [-0.25, -0.2) is 4.98 Å². The Labute approximate surface area is 131 Å². The number of nitrogens with zero attached hydrogens (tertiary/aromatic N) is 1. The van der Waals surface area contributed by atoms with Crippen molar-refractivity contribution in [2.24, 2.45) is 0 Å². The number of rotatable bonds is 3. The highest BCUT2D eigenvalue weighted by atomic mass is 32.1. The first-order chi connectivity index (χ1) is 9.81. The van der Waals surface area contributed by atoms with E-state index in [1.165, 1.54) is 41.3 Å². The van der Waals surface area contributed by atoms with Crippen LogP contribution in [0.25, 0.3) is 0 Å². The molecule has 1 saturated heterocycles. The van der Waals surface area contributed by atoms with Crippen molar-refractivity contribution in [2.75, 3.05) is 0 Å². The van der Waals surface area contributed by atoms with E-state index in [1.54, 1.807) is 0 Å². The SMILES string of the molecule is CC1(C)CC(NC2CC2)(c2nc3c(s2)CCC3)C(C)(C)O1. The minimum absolute atomic E-state index is 0.0957. The van der Waals surface area contributed by atoms with E-state index in [9.17, 15) is 0 Å². The van der Waals surface area contributed by atoms with E-state index in [0.717, 1.165) is 12.8 Å². The summed E-state index contributed by atoms with van der Waals surface area (Å²) in [4.78, 5) is 6.58. The Morgan fingerprint density at radius 2 is 1.95 bits per heavy atom. The van der Waals surface area contributed by atoms with Gasteiger partial charge in [-0.1, -0.05) is 0 Å². The van der Waals surface area contributed by atoms with Gasteiger partial charge < -0.3 is 10.1 Å². The maximum atomic E-state index is 6.44. The zero-order valence-electron chi connectivity index (χ0n) is 13.6. The van der Waals surface area contributed by atoms with Gasteiger partial charge >= 0.3 is 0 Å². The number of fused-ring (bicyclic) bond motifs is 1. The van der Waals surface area contributed by atoms with Crippen molar-refractivity contribution in [1.82, 2.24) is 10.3 Å². The highest BCUT2D eigenvalue weighted by molar-refractivity contribution is 7.12. The molecule has 0 amide bonds. The molecule has 4 heteroatoms. The molecule has 21 heavy (non-hydrogen) atoms. The summed E-state index contributed by atoms with van der Waals surface area (Å²) in [5, 5.41) is 5.21. The topological polar surface area (TPSA) is 34.2 Å². The Morgan fingerprint density at radius 3 is 2.52 bits per heavy atom. The summed E-state index contributed by atoms with van der Waals surface area (Å²) in [6.45, 7) is 8.91. The molecule has 1 aromatic rings. The number of nitrogens with one attached hydrogen (secondary N) is 1. The predicted octanol–water partition coefficient (Wildman–Crippen LogP) is 3.56. The van der Waals surface area contributed by atoms with Gasteiger partial charge in [0.1, 0.15) is 10.5 Å². The van der Waals surface area contributed by atoms with Gasteiger partial charge in [-0.2, -0.15) is 0 Å². The summed E-state index contributed by atoms with van der Waals surface area (Å²) in [6.07, 6.45) is 7.26. The fourth-order valence-corrected chi connectivity index (χ4v) is 5.69. The molecule has 1 saturated carbocycles. The molecule has 1 aromatic heterocycles. The van der Waals surface area contributed by atoms with Crippen LogP contribution in [0.4, 0.5) is 0 Å². The van der Waals surface area contributed by atoms with Crippen LogP contribution in [0, 0.1) is 0 Å². The lowest BCUT2D eigenvalue weighted by Crippen LogP contribution is -2.55. The second-order valence-electron chi connectivity index (χ2n) is 8.12. The summed E-state index contributed by atoms with van der Waals surface area (Å²) < 4.78 is 6.44. The minimum atomic E-state index is -0.218. The van der Waals surface area contributed by atoms with Crippen molar-refractivity contribution in [2.45, 2.75) is 89.0 Å². The van der Waals surface area contributed by atoms with E-state index in [-0.39, 0.29) is 16.7 Å². The van der Waals surface area contributed by atoms with Crippen LogP contribution >= 0.6 is 11.3 Å². The summed E-state index contributed by atoms with van der Waals surface area (Å²) in [6, 6.07) is 0.653. The Balaban J connectivity index is 1.79. The van der Waals surface area contributed by atoms with Crippen LogP contribution in [0.3, 0.4) is 0 Å². The summed E-state index contributed by atoms with van der Waals surface area (Å²) in [5.74, 6) is 0. The van der Waals surface area contributed by atoms with Gasteiger partial charge in [-0.15, -0.1) is 11.3 Å². The van der Waals surface area contributed by atoms with E-state index in [2.05, 4.69) is 33.0 Å². The van der Waals surface area contributed by atoms with Crippen LogP contribution in [0.1, 0.15) is 69.0 Å². The van der Waals surface area contributed by atoms with Gasteiger partial charge in [0.15, 0.2) is 0 Å². The average Bonchev–Trinajstić information content (AvgIpc) is 2.81. The largest absolute Gasteiger partial charge is 0.367 e. The number of hydrogen-bond donors (Lipinski definition) is 1. The van der Waals surface area contributed by atoms with Gasteiger partial charge in [-0.3, -0.25) is 0 Å². The maximum Gasteiger partial charge on any atom is 0.116 e. The zero-order chi connectivity index (χ0) is 14.9. The molecular formula is C17H26N2OS. The Hall–Kier alpha value is -0.450. The normalized spacial score (nSPS) is 33.3. The lowest BCUT2D eigenvalue weighted by atomic mass is 9.79. The van der Waals surface area contributed by atoms with Crippen molar-refractivity contribution in [1.29, 1.82) is 0 Å². The maximum absolute atomic E-state index is 6.44. The number of thiazole rings is 1. The lowest BCUT2D eigenvalue weighted by molar-refractivity contribution is -0.0847. The number of aryl methyl sites for hydroxylation is 2. The highest BCUT2D eigenvalue weighted by Crippen LogP contribution is 2.53. The molecule has 1 atom stereocenters. The predicted molar refractivity (Wildman–Crippen MR) is 85.8 cm³/mol. The second-order valence-corrected chi connectivity index (χ2v) is 9.20. The number of hydrogen-bond acceptors (Lipinski definition) is 4. The molecule has 0 spiro atoms. The van der Waals surface area contributed by atoms with E-state index in [1.807, 2.05) is 11.3 Å². The molecule has 3 aliphatic rings. The van der Waals surface area contributed by atoms with Crippen molar-refractivity contribution in [3.05, 3.63) is 15.6 Å². The Morgan fingerprint density at radius 1 is 1.19 bits per heavy atom. The van der Waals surface area contributed by atoms with Crippen LogP contribution in [-0.2, 0) is 23.1 Å². The first-order valence-electron chi connectivity index (χ1n) is 8.28. The number of ether oxygens (including phenoxy) is 1. The third-order valence-electron chi connectivity index (χ3n) is 5.24. The first kappa shape index (κ1) is 14.2. The molecule has 1 unspecified atom stereocenters. The van der Waals surface area contributed by atoms with Crippen molar-refractivity contribution in [3.8, 4) is 0 Å². The molecule has 0 aromatic carbocycles. The molecule has 0 bridgehead atoms. The smallest absolute Gasteiger partial charge is 0.116 e. The Kier molecular flexibility index (Phi) is 2.90. The van der Waals surface area contributed by atoms with Crippen molar-refractivity contribution >= 4 is 11.3 Å². The fourth-order valence-electron chi connectivity index (χ4n) is 4.23. The fraction of sp³-hybridized carbons (Fsp3) is 0.824. The third kappa shape index (κ3) is 2.18. The van der Waals surface area contributed by atoms with Crippen LogP contribution in [-0.4, -0.2) is 22.2 Å². The molecule has 2 aliphatic carbocycles. The summed E-state index contributed by atoms with van der Waals surface area (Å²) >= 11 is 1.94. The standard InChI is InChI=1S/C17H26N2OS/c1-15(2)10-17(16(3,4)20-15,19-11-8-9-11)14-18-12-6-5-7-13(12)21-14/h11,19H,5-10H2,1-4H3. The molecule has 116 valence electrons.